The van der Waals surface area contributed by atoms with Crippen LogP contribution in [0.1, 0.15) is 11.3 Å². The van der Waals surface area contributed by atoms with E-state index in [1.165, 1.54) is 18.0 Å². The van der Waals surface area contributed by atoms with Gasteiger partial charge in [-0.25, -0.2) is 0 Å². The Morgan fingerprint density at radius 3 is 2.66 bits per heavy atom. The molecule has 2 heterocycles. The first-order valence-corrected chi connectivity index (χ1v) is 10.4. The summed E-state index contributed by atoms with van der Waals surface area (Å²) in [7, 11) is 0. The van der Waals surface area contributed by atoms with Crippen LogP contribution in [-0.4, -0.2) is 22.5 Å². The first-order chi connectivity index (χ1) is 14.1. The van der Waals surface area contributed by atoms with E-state index in [1.54, 1.807) is 18.2 Å². The van der Waals surface area contributed by atoms with Crippen LogP contribution in [0.3, 0.4) is 0 Å². The molecular formula is C21H15Cl2N3O2S. The molecule has 1 saturated heterocycles. The Bertz CT molecular complexity index is 1090. The zero-order chi connectivity index (χ0) is 20.2. The summed E-state index contributed by atoms with van der Waals surface area (Å²) >= 11 is 13.4. The fourth-order valence-corrected chi connectivity index (χ4v) is 4.07. The van der Waals surface area contributed by atoms with Gasteiger partial charge in [-0.2, -0.15) is 5.10 Å². The van der Waals surface area contributed by atoms with Crippen LogP contribution in [0.2, 0.25) is 10.0 Å². The minimum absolute atomic E-state index is 0.105. The average Bonchev–Trinajstić information content (AvgIpc) is 3.31. The molecular weight excluding hydrogens is 429 g/mol. The SMILES string of the molecule is O=C1N/C(=N\N=C\c2ccc(-c3ccc(Cl)cc3)o2)SC1Cc1ccccc1Cl. The lowest BCUT2D eigenvalue weighted by Gasteiger charge is -2.06. The van der Waals surface area contributed by atoms with Crippen molar-refractivity contribution in [2.24, 2.45) is 10.2 Å². The van der Waals surface area contributed by atoms with Gasteiger partial charge in [-0.15, -0.1) is 5.10 Å². The van der Waals surface area contributed by atoms with Gasteiger partial charge in [0.2, 0.25) is 5.91 Å². The number of nitrogens with one attached hydrogen (secondary N) is 1. The molecule has 1 aromatic heterocycles. The smallest absolute Gasteiger partial charge is 0.239 e. The molecule has 1 aliphatic rings. The quantitative estimate of drug-likeness (QED) is 0.422. The minimum atomic E-state index is -0.288. The molecule has 146 valence electrons. The van der Waals surface area contributed by atoms with Gasteiger partial charge in [-0.3, -0.25) is 4.79 Å². The van der Waals surface area contributed by atoms with Gasteiger partial charge < -0.3 is 9.73 Å². The molecule has 0 aliphatic carbocycles. The van der Waals surface area contributed by atoms with Crippen molar-refractivity contribution in [2.75, 3.05) is 0 Å². The highest BCUT2D eigenvalue weighted by atomic mass is 35.5. The molecule has 4 rings (SSSR count). The largest absolute Gasteiger partial charge is 0.455 e. The van der Waals surface area contributed by atoms with Crippen molar-refractivity contribution in [3.05, 3.63) is 82.0 Å². The number of carbonyl (C=O) groups excluding carboxylic acids is 1. The summed E-state index contributed by atoms with van der Waals surface area (Å²) in [5, 5.41) is 12.3. The van der Waals surface area contributed by atoms with Crippen LogP contribution in [0.15, 0.2) is 75.3 Å². The Kier molecular flexibility index (Phi) is 6.04. The van der Waals surface area contributed by atoms with Gasteiger partial charge in [0.05, 0.1) is 11.5 Å². The van der Waals surface area contributed by atoms with E-state index in [4.69, 9.17) is 27.6 Å². The highest BCUT2D eigenvalue weighted by Crippen LogP contribution is 2.27. The van der Waals surface area contributed by atoms with Gasteiger partial charge in [0, 0.05) is 15.6 Å². The number of carbonyl (C=O) groups is 1. The molecule has 1 unspecified atom stereocenters. The average molecular weight is 444 g/mol. The van der Waals surface area contributed by atoms with Crippen molar-refractivity contribution >= 4 is 52.3 Å². The van der Waals surface area contributed by atoms with Gasteiger partial charge in [0.25, 0.3) is 0 Å². The number of thioether (sulfide) groups is 1. The summed E-state index contributed by atoms with van der Waals surface area (Å²) < 4.78 is 5.74. The number of amidine groups is 1. The Morgan fingerprint density at radius 1 is 1.07 bits per heavy atom. The highest BCUT2D eigenvalue weighted by molar-refractivity contribution is 8.15. The lowest BCUT2D eigenvalue weighted by molar-refractivity contribution is -0.118. The van der Waals surface area contributed by atoms with Crippen molar-refractivity contribution in [1.82, 2.24) is 5.32 Å². The minimum Gasteiger partial charge on any atom is -0.455 e. The maximum absolute atomic E-state index is 12.2. The monoisotopic (exact) mass is 443 g/mol. The molecule has 1 N–H and O–H groups in total. The molecule has 0 saturated carbocycles. The van der Waals surface area contributed by atoms with E-state index >= 15 is 0 Å². The molecule has 3 aromatic rings. The third-order valence-electron chi connectivity index (χ3n) is 4.23. The summed E-state index contributed by atoms with van der Waals surface area (Å²) in [6, 6.07) is 18.5. The van der Waals surface area contributed by atoms with Crippen LogP contribution < -0.4 is 5.32 Å². The Balaban J connectivity index is 1.39. The summed E-state index contributed by atoms with van der Waals surface area (Å²) in [5.74, 6) is 1.16. The second-order valence-electron chi connectivity index (χ2n) is 6.25. The molecule has 2 aromatic carbocycles. The van der Waals surface area contributed by atoms with Crippen LogP contribution >= 0.6 is 35.0 Å². The number of halogens is 2. The van der Waals surface area contributed by atoms with Crippen molar-refractivity contribution < 1.29 is 9.21 Å². The van der Waals surface area contributed by atoms with Crippen molar-refractivity contribution in [1.29, 1.82) is 0 Å². The van der Waals surface area contributed by atoms with Crippen LogP contribution in [0.4, 0.5) is 0 Å². The number of nitrogens with zero attached hydrogens (tertiary/aromatic N) is 2. The zero-order valence-corrected chi connectivity index (χ0v) is 17.3. The number of hydrogen-bond donors (Lipinski definition) is 1. The fraction of sp³-hybridized carbons (Fsp3) is 0.0952. The predicted octanol–water partition coefficient (Wildman–Crippen LogP) is 5.42. The predicted molar refractivity (Wildman–Crippen MR) is 119 cm³/mol. The summed E-state index contributed by atoms with van der Waals surface area (Å²) in [6.07, 6.45) is 2.03. The van der Waals surface area contributed by atoms with Gasteiger partial charge in [-0.05, 0) is 54.4 Å². The standard InChI is InChI=1S/C21H15Cl2N3O2S/c22-15-7-5-13(6-8-15)18-10-9-16(28-18)12-24-26-21-25-20(27)19(29-21)11-14-3-1-2-4-17(14)23/h1-10,12,19H,11H2,(H,25,26,27)/b24-12+. The second kappa shape index (κ2) is 8.86. The lowest BCUT2D eigenvalue weighted by atomic mass is 10.1. The van der Waals surface area contributed by atoms with Crippen molar-refractivity contribution in [2.45, 2.75) is 11.7 Å². The number of hydrogen-bond acceptors (Lipinski definition) is 5. The number of amides is 1. The molecule has 8 heteroatoms. The van der Waals surface area contributed by atoms with Gasteiger partial charge in [0.15, 0.2) is 5.17 Å². The second-order valence-corrected chi connectivity index (χ2v) is 8.28. The molecule has 1 atom stereocenters. The van der Waals surface area contributed by atoms with E-state index in [1.807, 2.05) is 42.5 Å². The maximum atomic E-state index is 12.2. The highest BCUT2D eigenvalue weighted by Gasteiger charge is 2.30. The number of rotatable bonds is 5. The Morgan fingerprint density at radius 2 is 1.86 bits per heavy atom. The van der Waals surface area contributed by atoms with Crippen LogP contribution in [0, 0.1) is 0 Å². The fourth-order valence-electron chi connectivity index (χ4n) is 2.78. The number of furan rings is 1. The first kappa shape index (κ1) is 19.8. The van der Waals surface area contributed by atoms with Gasteiger partial charge in [-0.1, -0.05) is 53.2 Å². The Hall–Kier alpha value is -2.54. The van der Waals surface area contributed by atoms with Gasteiger partial charge in [0.1, 0.15) is 11.5 Å². The molecule has 0 radical (unpaired) electrons. The van der Waals surface area contributed by atoms with E-state index in [-0.39, 0.29) is 11.2 Å². The van der Waals surface area contributed by atoms with Crippen LogP contribution in [0.5, 0.6) is 0 Å². The molecule has 29 heavy (non-hydrogen) atoms. The third kappa shape index (κ3) is 4.90. The third-order valence-corrected chi connectivity index (χ3v) is 5.92. The van der Waals surface area contributed by atoms with Crippen LogP contribution in [0.25, 0.3) is 11.3 Å². The van der Waals surface area contributed by atoms with E-state index in [0.29, 0.717) is 33.2 Å². The van der Waals surface area contributed by atoms with E-state index in [2.05, 4.69) is 15.5 Å². The van der Waals surface area contributed by atoms with Crippen molar-refractivity contribution in [3.8, 4) is 11.3 Å². The van der Waals surface area contributed by atoms with Crippen molar-refractivity contribution in [3.63, 3.8) is 0 Å². The molecule has 0 spiro atoms. The lowest BCUT2D eigenvalue weighted by Crippen LogP contribution is -2.26. The zero-order valence-electron chi connectivity index (χ0n) is 15.0. The van der Waals surface area contributed by atoms with E-state index in [0.717, 1.165) is 11.1 Å². The maximum Gasteiger partial charge on any atom is 0.239 e. The first-order valence-electron chi connectivity index (χ1n) is 8.76. The molecule has 0 bridgehead atoms. The summed E-state index contributed by atoms with van der Waals surface area (Å²) in [6.45, 7) is 0. The van der Waals surface area contributed by atoms with Crippen LogP contribution in [-0.2, 0) is 11.2 Å². The Labute approximate surface area is 181 Å². The van der Waals surface area contributed by atoms with E-state index < -0.39 is 0 Å². The summed E-state index contributed by atoms with van der Waals surface area (Å²) in [4.78, 5) is 12.2. The summed E-state index contributed by atoms with van der Waals surface area (Å²) in [5.41, 5.74) is 1.85. The molecule has 1 aliphatic heterocycles. The van der Waals surface area contributed by atoms with E-state index in [9.17, 15) is 4.79 Å². The normalized spacial score (nSPS) is 17.9. The topological polar surface area (TPSA) is 67.0 Å². The molecule has 1 fully saturated rings. The molecule has 1 amide bonds. The molecule has 5 nitrogen and oxygen atoms in total. The number of benzene rings is 2. The van der Waals surface area contributed by atoms with Gasteiger partial charge >= 0.3 is 0 Å².